The normalized spacial score (nSPS) is 12.7. The van der Waals surface area contributed by atoms with E-state index in [1.165, 1.54) is 11.3 Å². The first kappa shape index (κ1) is 11.4. The molecule has 84 valence electrons. The highest BCUT2D eigenvalue weighted by molar-refractivity contribution is 7.15. The second kappa shape index (κ2) is 4.39. The lowest BCUT2D eigenvalue weighted by molar-refractivity contribution is 0.471. The summed E-state index contributed by atoms with van der Waals surface area (Å²) in [4.78, 5) is 0. The number of nitrogens with zero attached hydrogens (tertiary/aromatic N) is 2. The number of aryl methyl sites for hydroxylation is 1. The van der Waals surface area contributed by atoms with Gasteiger partial charge in [0.05, 0.1) is 5.38 Å². The Kier molecular flexibility index (Phi) is 3.12. The van der Waals surface area contributed by atoms with Crippen LogP contribution in [0.4, 0.5) is 0 Å². The van der Waals surface area contributed by atoms with Crippen molar-refractivity contribution in [3.63, 3.8) is 0 Å². The Morgan fingerprint density at radius 2 is 2.12 bits per heavy atom. The molecule has 3 nitrogen and oxygen atoms in total. The van der Waals surface area contributed by atoms with E-state index in [4.69, 9.17) is 11.6 Å². The van der Waals surface area contributed by atoms with E-state index in [0.29, 0.717) is 0 Å². The molecule has 1 atom stereocenters. The van der Waals surface area contributed by atoms with Crippen molar-refractivity contribution in [1.29, 1.82) is 0 Å². The molecule has 1 heterocycles. The largest absolute Gasteiger partial charge is 0.508 e. The zero-order valence-corrected chi connectivity index (χ0v) is 10.5. The van der Waals surface area contributed by atoms with Gasteiger partial charge in [-0.15, -0.1) is 21.8 Å². The van der Waals surface area contributed by atoms with Crippen LogP contribution < -0.4 is 0 Å². The van der Waals surface area contributed by atoms with Crippen molar-refractivity contribution >= 4 is 22.9 Å². The SMILES string of the molecule is Cc1ccc(-c2nnc(C(C)Cl)s2)cc1O. The number of phenols is 1. The first-order chi connectivity index (χ1) is 7.58. The Hall–Kier alpha value is -1.13. The van der Waals surface area contributed by atoms with Crippen LogP contribution in [0.15, 0.2) is 18.2 Å². The lowest BCUT2D eigenvalue weighted by Crippen LogP contribution is -1.81. The van der Waals surface area contributed by atoms with Crippen LogP contribution in [0.2, 0.25) is 0 Å². The molecule has 0 aliphatic carbocycles. The third kappa shape index (κ3) is 2.18. The second-order valence-corrected chi connectivity index (χ2v) is 5.23. The molecule has 2 rings (SSSR count). The van der Waals surface area contributed by atoms with Crippen molar-refractivity contribution in [2.24, 2.45) is 0 Å². The Morgan fingerprint density at radius 3 is 2.69 bits per heavy atom. The highest BCUT2D eigenvalue weighted by atomic mass is 35.5. The van der Waals surface area contributed by atoms with Gasteiger partial charge in [-0.25, -0.2) is 0 Å². The van der Waals surface area contributed by atoms with Gasteiger partial charge in [-0.2, -0.15) is 0 Å². The molecule has 0 amide bonds. The molecular weight excluding hydrogens is 244 g/mol. The van der Waals surface area contributed by atoms with Crippen molar-refractivity contribution < 1.29 is 5.11 Å². The second-order valence-electron chi connectivity index (χ2n) is 3.56. The summed E-state index contributed by atoms with van der Waals surface area (Å²) in [5, 5.41) is 19.1. The maximum absolute atomic E-state index is 9.61. The van der Waals surface area contributed by atoms with Crippen LogP contribution in [0, 0.1) is 6.92 Å². The van der Waals surface area contributed by atoms with Crippen LogP contribution in [-0.4, -0.2) is 15.3 Å². The number of alkyl halides is 1. The molecule has 1 N–H and O–H groups in total. The molecule has 0 saturated heterocycles. The molecule has 0 saturated carbocycles. The fourth-order valence-corrected chi connectivity index (χ4v) is 2.20. The summed E-state index contributed by atoms with van der Waals surface area (Å²) in [6, 6.07) is 5.46. The number of hydrogen-bond donors (Lipinski definition) is 1. The molecule has 0 bridgehead atoms. The van der Waals surface area contributed by atoms with Gasteiger partial charge in [0.25, 0.3) is 0 Å². The van der Waals surface area contributed by atoms with Gasteiger partial charge < -0.3 is 5.11 Å². The van der Waals surface area contributed by atoms with Crippen molar-refractivity contribution in [3.05, 3.63) is 28.8 Å². The number of hydrogen-bond acceptors (Lipinski definition) is 4. The molecule has 0 fully saturated rings. The number of rotatable bonds is 2. The quantitative estimate of drug-likeness (QED) is 0.834. The van der Waals surface area contributed by atoms with Gasteiger partial charge >= 0.3 is 0 Å². The smallest absolute Gasteiger partial charge is 0.147 e. The van der Waals surface area contributed by atoms with Crippen LogP contribution in [0.5, 0.6) is 5.75 Å². The van der Waals surface area contributed by atoms with Gasteiger partial charge in [0.2, 0.25) is 0 Å². The van der Waals surface area contributed by atoms with E-state index in [1.807, 2.05) is 26.0 Å². The number of phenolic OH excluding ortho intramolecular Hbond substituents is 1. The third-order valence-electron chi connectivity index (χ3n) is 2.24. The molecule has 5 heteroatoms. The summed E-state index contributed by atoms with van der Waals surface area (Å²) in [6.45, 7) is 3.71. The van der Waals surface area contributed by atoms with Crippen LogP contribution in [0.3, 0.4) is 0 Å². The van der Waals surface area contributed by atoms with E-state index >= 15 is 0 Å². The van der Waals surface area contributed by atoms with Crippen molar-refractivity contribution in [3.8, 4) is 16.3 Å². The van der Waals surface area contributed by atoms with Crippen LogP contribution >= 0.6 is 22.9 Å². The number of aromatic nitrogens is 2. The maximum atomic E-state index is 9.61. The third-order valence-corrected chi connectivity index (χ3v) is 3.73. The van der Waals surface area contributed by atoms with Crippen molar-refractivity contribution in [2.75, 3.05) is 0 Å². The molecule has 16 heavy (non-hydrogen) atoms. The molecular formula is C11H11ClN2OS. The van der Waals surface area contributed by atoms with Crippen LogP contribution in [0.25, 0.3) is 10.6 Å². The lowest BCUT2D eigenvalue weighted by atomic mass is 10.1. The van der Waals surface area contributed by atoms with Crippen LogP contribution in [-0.2, 0) is 0 Å². The number of halogens is 1. The number of aromatic hydroxyl groups is 1. The Balaban J connectivity index is 2.39. The first-order valence-corrected chi connectivity index (χ1v) is 6.10. The topological polar surface area (TPSA) is 46.0 Å². The first-order valence-electron chi connectivity index (χ1n) is 4.85. The van der Waals surface area contributed by atoms with Crippen molar-refractivity contribution in [2.45, 2.75) is 19.2 Å². The molecule has 2 aromatic rings. The molecule has 1 unspecified atom stereocenters. The summed E-state index contributed by atoms with van der Waals surface area (Å²) >= 11 is 7.36. The Labute approximate surface area is 103 Å². The Bertz CT molecular complexity index is 510. The van der Waals surface area contributed by atoms with Gasteiger partial charge in [0.15, 0.2) is 0 Å². The van der Waals surface area contributed by atoms with Gasteiger partial charge in [-0.1, -0.05) is 23.5 Å². The van der Waals surface area contributed by atoms with E-state index in [-0.39, 0.29) is 11.1 Å². The van der Waals surface area contributed by atoms with Crippen LogP contribution in [0.1, 0.15) is 22.9 Å². The van der Waals surface area contributed by atoms with E-state index in [0.717, 1.165) is 21.1 Å². The molecule has 0 aliphatic heterocycles. The van der Waals surface area contributed by atoms with Crippen molar-refractivity contribution in [1.82, 2.24) is 10.2 Å². The zero-order valence-electron chi connectivity index (χ0n) is 8.94. The molecule has 0 aliphatic rings. The standard InChI is InChI=1S/C11H11ClN2OS/c1-6-3-4-8(5-9(6)15)11-14-13-10(16-11)7(2)12/h3-5,7,15H,1-2H3. The predicted molar refractivity (Wildman–Crippen MR) is 66.0 cm³/mol. The predicted octanol–water partition coefficient (Wildman–Crippen LogP) is 3.52. The minimum absolute atomic E-state index is 0.134. The number of benzene rings is 1. The van der Waals surface area contributed by atoms with Gasteiger partial charge in [0, 0.05) is 5.56 Å². The maximum Gasteiger partial charge on any atom is 0.147 e. The van der Waals surface area contributed by atoms with E-state index < -0.39 is 0 Å². The van der Waals surface area contributed by atoms with Gasteiger partial charge in [-0.05, 0) is 25.5 Å². The fourth-order valence-electron chi connectivity index (χ4n) is 1.25. The lowest BCUT2D eigenvalue weighted by Gasteiger charge is -2.00. The zero-order chi connectivity index (χ0) is 11.7. The van der Waals surface area contributed by atoms with Gasteiger partial charge in [0.1, 0.15) is 15.8 Å². The summed E-state index contributed by atoms with van der Waals surface area (Å²) in [6.07, 6.45) is 0. The molecule has 1 aromatic heterocycles. The Morgan fingerprint density at radius 1 is 1.38 bits per heavy atom. The van der Waals surface area contributed by atoms with E-state index in [2.05, 4.69) is 10.2 Å². The fraction of sp³-hybridized carbons (Fsp3) is 0.273. The molecule has 1 aromatic carbocycles. The highest BCUT2D eigenvalue weighted by Gasteiger charge is 2.11. The van der Waals surface area contributed by atoms with Gasteiger partial charge in [-0.3, -0.25) is 0 Å². The highest BCUT2D eigenvalue weighted by Crippen LogP contribution is 2.31. The van der Waals surface area contributed by atoms with E-state index in [1.54, 1.807) is 6.07 Å². The van der Waals surface area contributed by atoms with E-state index in [9.17, 15) is 5.11 Å². The summed E-state index contributed by atoms with van der Waals surface area (Å²) < 4.78 is 0. The average Bonchev–Trinajstić information content (AvgIpc) is 2.71. The monoisotopic (exact) mass is 254 g/mol. The summed E-state index contributed by atoms with van der Waals surface area (Å²) in [5.41, 5.74) is 1.71. The summed E-state index contributed by atoms with van der Waals surface area (Å²) in [7, 11) is 0. The summed E-state index contributed by atoms with van der Waals surface area (Å²) in [5.74, 6) is 0.271. The molecule has 0 radical (unpaired) electrons. The minimum Gasteiger partial charge on any atom is -0.508 e. The minimum atomic E-state index is -0.134. The average molecular weight is 255 g/mol. The molecule has 0 spiro atoms.